The average Bonchev–Trinajstić information content (AvgIpc) is 3.31. The maximum atomic E-state index is 12.1. The van der Waals surface area contributed by atoms with Crippen molar-refractivity contribution in [2.75, 3.05) is 7.11 Å². The zero-order valence-electron chi connectivity index (χ0n) is 18.4. The molecule has 0 saturated heterocycles. The average molecular weight is 459 g/mol. The summed E-state index contributed by atoms with van der Waals surface area (Å²) < 4.78 is 11.3. The van der Waals surface area contributed by atoms with Crippen molar-refractivity contribution in [3.8, 4) is 11.5 Å². The van der Waals surface area contributed by atoms with Crippen LogP contribution in [-0.4, -0.2) is 23.3 Å². The molecule has 0 unspecified atom stereocenters. The molecule has 166 valence electrons. The van der Waals surface area contributed by atoms with Crippen molar-refractivity contribution >= 4 is 39.6 Å². The van der Waals surface area contributed by atoms with Gasteiger partial charge in [-0.15, -0.1) is 0 Å². The highest BCUT2D eigenvalue weighted by atomic mass is 35.5. The first-order valence-electron chi connectivity index (χ1n) is 10.5. The Bertz CT molecular complexity index is 1370. The number of H-pyrrole nitrogens is 1. The molecule has 0 amide bonds. The smallest absolute Gasteiger partial charge is 0.335 e. The second-order valence-corrected chi connectivity index (χ2v) is 7.72. The number of rotatable bonds is 7. The summed E-state index contributed by atoms with van der Waals surface area (Å²) in [5, 5.41) is 8.67. The first-order valence-corrected chi connectivity index (χ1v) is 10.9. The Labute approximate surface area is 197 Å². The molecular weight excluding hydrogens is 436 g/mol. The van der Waals surface area contributed by atoms with Gasteiger partial charge in [0.05, 0.1) is 23.8 Å². The minimum absolute atomic E-state index is 0.432. The quantitative estimate of drug-likeness (QED) is 0.145. The van der Waals surface area contributed by atoms with E-state index in [9.17, 15) is 4.79 Å². The molecule has 33 heavy (non-hydrogen) atoms. The van der Waals surface area contributed by atoms with E-state index in [1.165, 1.54) is 0 Å². The maximum Gasteiger partial charge on any atom is 0.335 e. The Kier molecular flexibility index (Phi) is 6.61. The van der Waals surface area contributed by atoms with Crippen molar-refractivity contribution in [3.05, 3.63) is 101 Å². The van der Waals surface area contributed by atoms with E-state index >= 15 is 0 Å². The molecule has 0 saturated carbocycles. The Morgan fingerprint density at radius 3 is 2.67 bits per heavy atom. The number of hydrogen-bond donors (Lipinski definition) is 1. The van der Waals surface area contributed by atoms with Gasteiger partial charge < -0.3 is 9.47 Å². The van der Waals surface area contributed by atoms with Crippen LogP contribution in [0.25, 0.3) is 22.0 Å². The number of ether oxygens (including phenoxy) is 2. The summed E-state index contributed by atoms with van der Waals surface area (Å²) >= 11 is 6.70. The highest BCUT2D eigenvalue weighted by Gasteiger charge is 2.22. The van der Waals surface area contributed by atoms with Crippen LogP contribution in [0.4, 0.5) is 0 Å². The lowest BCUT2D eigenvalue weighted by Crippen LogP contribution is -2.06. The molecule has 4 rings (SSSR count). The van der Waals surface area contributed by atoms with Gasteiger partial charge in [0.2, 0.25) is 0 Å². The summed E-state index contributed by atoms with van der Waals surface area (Å²) in [5.41, 5.74) is 5.27. The van der Waals surface area contributed by atoms with Gasteiger partial charge in [-0.05, 0) is 53.5 Å². The molecular formula is C27H23ClN2O3. The lowest BCUT2D eigenvalue weighted by molar-refractivity contribution is -0.128. The van der Waals surface area contributed by atoms with Crippen LogP contribution in [0.2, 0.25) is 5.02 Å². The highest BCUT2D eigenvalue weighted by molar-refractivity contribution is 6.33. The van der Waals surface area contributed by atoms with Crippen molar-refractivity contribution in [1.82, 2.24) is 10.2 Å². The van der Waals surface area contributed by atoms with E-state index in [1.54, 1.807) is 19.4 Å². The van der Waals surface area contributed by atoms with Crippen LogP contribution < -0.4 is 9.47 Å². The van der Waals surface area contributed by atoms with Crippen LogP contribution in [0.15, 0.2) is 79.5 Å². The minimum atomic E-state index is -0.527. The normalized spacial score (nSPS) is 11.7. The van der Waals surface area contributed by atoms with Crippen LogP contribution in [0.5, 0.6) is 11.5 Å². The lowest BCUT2D eigenvalue weighted by Gasteiger charge is -2.21. The number of nitrogens with one attached hydrogen (secondary N) is 1. The maximum absolute atomic E-state index is 12.1. The van der Waals surface area contributed by atoms with Gasteiger partial charge in [0, 0.05) is 22.6 Å². The third-order valence-corrected chi connectivity index (χ3v) is 5.73. The van der Waals surface area contributed by atoms with Crippen molar-refractivity contribution in [2.45, 2.75) is 13.3 Å². The zero-order valence-corrected chi connectivity index (χ0v) is 19.1. The molecule has 0 aliphatic heterocycles. The van der Waals surface area contributed by atoms with Crippen LogP contribution in [0.3, 0.4) is 0 Å². The summed E-state index contributed by atoms with van der Waals surface area (Å²) in [6.45, 7) is 5.58. The van der Waals surface area contributed by atoms with Gasteiger partial charge in [-0.1, -0.05) is 55.4 Å². The monoisotopic (exact) mass is 458 g/mol. The molecule has 0 fully saturated rings. The third kappa shape index (κ3) is 4.41. The molecule has 6 heteroatoms. The van der Waals surface area contributed by atoms with Gasteiger partial charge in [0.1, 0.15) is 11.5 Å². The first kappa shape index (κ1) is 22.4. The predicted molar refractivity (Wildman–Crippen MR) is 133 cm³/mol. The predicted octanol–water partition coefficient (Wildman–Crippen LogP) is 6.69. The van der Waals surface area contributed by atoms with Crippen molar-refractivity contribution in [1.29, 1.82) is 0 Å². The molecule has 4 aromatic rings. The standard InChI is InChI=1S/C27H23ClN2O3/c1-4-19(27-21(28)10-8-12-24(27)32-3)26(17-13-14-22-18(15-17)16-29-30-22)20-9-6-7-11-23(20)33-25(31)5-2/h5-16H,2,4H2,1,3H3,(H,29,30)/b26-19+. The number of carbonyl (C=O) groups is 1. The largest absolute Gasteiger partial charge is 0.496 e. The van der Waals surface area contributed by atoms with Crippen LogP contribution in [-0.2, 0) is 4.79 Å². The summed E-state index contributed by atoms with van der Waals surface area (Å²) in [5.74, 6) is 0.573. The molecule has 0 aliphatic rings. The molecule has 0 bridgehead atoms. The topological polar surface area (TPSA) is 64.2 Å². The minimum Gasteiger partial charge on any atom is -0.496 e. The number of aromatic amines is 1. The van der Waals surface area contributed by atoms with Gasteiger partial charge in [-0.25, -0.2) is 4.79 Å². The SMILES string of the molecule is C=CC(=O)Oc1ccccc1/C(=C(\CC)c1c(Cl)cccc1OC)c1ccc2[nH]ncc2c1. The van der Waals surface area contributed by atoms with Crippen LogP contribution in [0.1, 0.15) is 30.0 Å². The third-order valence-electron chi connectivity index (χ3n) is 5.41. The van der Waals surface area contributed by atoms with Crippen molar-refractivity contribution < 1.29 is 14.3 Å². The molecule has 1 heterocycles. The lowest BCUT2D eigenvalue weighted by atomic mass is 9.87. The van der Waals surface area contributed by atoms with Gasteiger partial charge in [-0.2, -0.15) is 5.10 Å². The molecule has 3 aromatic carbocycles. The van der Waals surface area contributed by atoms with E-state index in [0.29, 0.717) is 22.9 Å². The Morgan fingerprint density at radius 1 is 1.12 bits per heavy atom. The summed E-state index contributed by atoms with van der Waals surface area (Å²) in [7, 11) is 1.62. The molecule has 0 aliphatic carbocycles. The highest BCUT2D eigenvalue weighted by Crippen LogP contribution is 2.43. The second kappa shape index (κ2) is 9.76. The Morgan fingerprint density at radius 2 is 1.91 bits per heavy atom. The molecule has 0 radical (unpaired) electrons. The van der Waals surface area contributed by atoms with E-state index in [2.05, 4.69) is 29.8 Å². The molecule has 0 atom stereocenters. The molecule has 1 N–H and O–H groups in total. The van der Waals surface area contributed by atoms with E-state index in [0.717, 1.165) is 44.8 Å². The number of benzene rings is 3. The number of nitrogens with zero attached hydrogens (tertiary/aromatic N) is 1. The number of esters is 1. The molecule has 1 aromatic heterocycles. The fraction of sp³-hybridized carbons (Fsp3) is 0.111. The zero-order chi connectivity index (χ0) is 23.4. The van der Waals surface area contributed by atoms with Gasteiger partial charge in [-0.3, -0.25) is 5.10 Å². The fourth-order valence-corrected chi connectivity index (χ4v) is 4.23. The summed E-state index contributed by atoms with van der Waals surface area (Å²) in [6, 6.07) is 19.1. The fourth-order valence-electron chi connectivity index (χ4n) is 3.95. The van der Waals surface area contributed by atoms with Crippen molar-refractivity contribution in [3.63, 3.8) is 0 Å². The van der Waals surface area contributed by atoms with E-state index in [-0.39, 0.29) is 0 Å². The molecule has 5 nitrogen and oxygen atoms in total. The van der Waals surface area contributed by atoms with Gasteiger partial charge >= 0.3 is 5.97 Å². The number of aromatic nitrogens is 2. The van der Waals surface area contributed by atoms with Crippen LogP contribution in [0, 0.1) is 0 Å². The Balaban J connectivity index is 2.08. The number of halogens is 1. The number of para-hydroxylation sites is 1. The number of allylic oxidation sites excluding steroid dienone is 1. The van der Waals surface area contributed by atoms with E-state index in [4.69, 9.17) is 21.1 Å². The van der Waals surface area contributed by atoms with Crippen molar-refractivity contribution in [2.24, 2.45) is 0 Å². The van der Waals surface area contributed by atoms with E-state index in [1.807, 2.05) is 48.5 Å². The summed E-state index contributed by atoms with van der Waals surface area (Å²) in [4.78, 5) is 12.1. The number of hydrogen-bond acceptors (Lipinski definition) is 4. The molecule has 0 spiro atoms. The first-order chi connectivity index (χ1) is 16.1. The van der Waals surface area contributed by atoms with E-state index < -0.39 is 5.97 Å². The Hall–Kier alpha value is -3.83. The number of fused-ring (bicyclic) bond motifs is 1. The number of methoxy groups -OCH3 is 1. The van der Waals surface area contributed by atoms with Crippen LogP contribution >= 0.6 is 11.6 Å². The number of carbonyl (C=O) groups excluding carboxylic acids is 1. The second-order valence-electron chi connectivity index (χ2n) is 7.32. The van der Waals surface area contributed by atoms with Gasteiger partial charge in [0.25, 0.3) is 0 Å². The van der Waals surface area contributed by atoms with Gasteiger partial charge in [0.15, 0.2) is 0 Å². The summed E-state index contributed by atoms with van der Waals surface area (Å²) in [6.07, 6.45) is 3.58.